The summed E-state index contributed by atoms with van der Waals surface area (Å²) in [5, 5.41) is 12.4. The van der Waals surface area contributed by atoms with E-state index in [2.05, 4.69) is 20.3 Å². The summed E-state index contributed by atoms with van der Waals surface area (Å²) >= 11 is 0. The van der Waals surface area contributed by atoms with Crippen molar-refractivity contribution in [1.29, 1.82) is 0 Å². The molecule has 0 radical (unpaired) electrons. The van der Waals surface area contributed by atoms with Gasteiger partial charge in [-0.2, -0.15) is 23.4 Å². The quantitative estimate of drug-likeness (QED) is 0.478. The second-order valence-electron chi connectivity index (χ2n) is 6.84. The number of aryl methyl sites for hydroxylation is 2. The summed E-state index contributed by atoms with van der Waals surface area (Å²) in [6, 6.07) is 5.21. The highest BCUT2D eigenvalue weighted by Gasteiger charge is 2.16. The van der Waals surface area contributed by atoms with Crippen molar-refractivity contribution in [2.24, 2.45) is 12.8 Å². The van der Waals surface area contributed by atoms with Crippen LogP contribution in [0.3, 0.4) is 0 Å². The number of aromatic amines is 1. The Morgan fingerprint density at radius 1 is 1.17 bits per heavy atom. The maximum absolute atomic E-state index is 14.6. The Labute approximate surface area is 169 Å². The minimum absolute atomic E-state index is 0.188. The van der Waals surface area contributed by atoms with Crippen LogP contribution in [0, 0.1) is 12.7 Å². The number of fused-ring (bicyclic) bond motifs is 1. The predicted octanol–water partition coefficient (Wildman–Crippen LogP) is 4.50. The lowest BCUT2D eigenvalue weighted by Crippen LogP contribution is -2.00. The van der Waals surface area contributed by atoms with Crippen molar-refractivity contribution in [1.82, 2.24) is 25.0 Å². The molecule has 6 nitrogen and oxygen atoms in total. The molecule has 3 N–H and O–H groups in total. The summed E-state index contributed by atoms with van der Waals surface area (Å²) in [5.41, 5.74) is 10.7. The molecule has 0 atom stereocenters. The van der Waals surface area contributed by atoms with Crippen LogP contribution < -0.4 is 5.73 Å². The van der Waals surface area contributed by atoms with Crippen LogP contribution in [-0.2, 0) is 13.6 Å². The molecule has 0 aliphatic carbocycles. The summed E-state index contributed by atoms with van der Waals surface area (Å²) in [6.07, 6.45) is 1.31. The van der Waals surface area contributed by atoms with Gasteiger partial charge in [-0.25, -0.2) is 4.39 Å². The van der Waals surface area contributed by atoms with E-state index in [0.717, 1.165) is 33.3 Å². The molecule has 0 fully saturated rings. The maximum Gasteiger partial charge on any atom is 0.386 e. The molecule has 0 saturated carbocycles. The van der Waals surface area contributed by atoms with Crippen LogP contribution in [-0.4, -0.2) is 31.1 Å². The zero-order chi connectivity index (χ0) is 22.1. The van der Waals surface area contributed by atoms with Crippen molar-refractivity contribution in [2.75, 3.05) is 0 Å². The van der Waals surface area contributed by atoms with Crippen LogP contribution in [0.5, 0.6) is 0 Å². The van der Waals surface area contributed by atoms with E-state index in [0.29, 0.717) is 17.8 Å². The molecular formula is C20H20F4N6. The lowest BCUT2D eigenvalue weighted by molar-refractivity contribution is -0.110. The van der Waals surface area contributed by atoms with Gasteiger partial charge in [-0.15, -0.1) is 0 Å². The zero-order valence-electron chi connectivity index (χ0n) is 16.5. The lowest BCUT2D eigenvalue weighted by atomic mass is 10.00. The van der Waals surface area contributed by atoms with Crippen molar-refractivity contribution >= 4 is 10.9 Å². The third kappa shape index (κ3) is 4.82. The second kappa shape index (κ2) is 8.23. The number of alkyl halides is 3. The van der Waals surface area contributed by atoms with Gasteiger partial charge in [-0.1, -0.05) is 6.07 Å². The Morgan fingerprint density at radius 3 is 2.43 bits per heavy atom. The molecule has 4 rings (SSSR count). The number of nitrogens with one attached hydrogen (secondary N) is 1. The summed E-state index contributed by atoms with van der Waals surface area (Å²) in [4.78, 5) is 4.40. The normalized spacial score (nSPS) is 11.5. The Kier molecular flexibility index (Phi) is 5.88. The number of aromatic nitrogens is 5. The number of pyridine rings is 1. The number of rotatable bonds is 3. The molecule has 10 heteroatoms. The number of H-pyrrole nitrogens is 1. The third-order valence-corrected chi connectivity index (χ3v) is 4.26. The molecule has 4 aromatic rings. The maximum atomic E-state index is 14.6. The van der Waals surface area contributed by atoms with Crippen molar-refractivity contribution < 1.29 is 17.6 Å². The number of hydrogen-bond acceptors (Lipinski definition) is 4. The van der Waals surface area contributed by atoms with Gasteiger partial charge in [0.1, 0.15) is 11.5 Å². The fraction of sp³-hybridized carbons (Fsp3) is 0.250. The first-order valence-electron chi connectivity index (χ1n) is 8.96. The van der Waals surface area contributed by atoms with Gasteiger partial charge in [0.05, 0.1) is 23.6 Å². The molecule has 0 amide bonds. The first-order valence-corrected chi connectivity index (χ1v) is 8.96. The highest BCUT2D eigenvalue weighted by molar-refractivity contribution is 5.94. The van der Waals surface area contributed by atoms with Crippen molar-refractivity contribution in [3.8, 4) is 22.5 Å². The van der Waals surface area contributed by atoms with Gasteiger partial charge in [0.2, 0.25) is 0 Å². The zero-order valence-corrected chi connectivity index (χ0v) is 16.5. The number of nitrogens with two attached hydrogens (primary N) is 1. The molecule has 3 aromatic heterocycles. The van der Waals surface area contributed by atoms with Gasteiger partial charge in [0.25, 0.3) is 0 Å². The SMILES string of the molecule is CC(F)(F)F.Cc1cc(CN)cc(F)c1-c1cc2c(-c3cnn(C)c3)n[nH]c2cn1. The van der Waals surface area contributed by atoms with Crippen LogP contribution >= 0.6 is 0 Å². The lowest BCUT2D eigenvalue weighted by Gasteiger charge is -2.09. The monoisotopic (exact) mass is 420 g/mol. The molecule has 1 aromatic carbocycles. The van der Waals surface area contributed by atoms with E-state index in [-0.39, 0.29) is 12.7 Å². The number of halogens is 4. The van der Waals surface area contributed by atoms with Gasteiger partial charge in [0.15, 0.2) is 0 Å². The van der Waals surface area contributed by atoms with E-state index < -0.39 is 6.18 Å². The van der Waals surface area contributed by atoms with Gasteiger partial charge in [-0.3, -0.25) is 14.8 Å². The average molecular weight is 420 g/mol. The fourth-order valence-electron chi connectivity index (χ4n) is 3.07. The summed E-state index contributed by atoms with van der Waals surface area (Å²) < 4.78 is 47.4. The van der Waals surface area contributed by atoms with E-state index in [4.69, 9.17) is 5.73 Å². The van der Waals surface area contributed by atoms with Crippen molar-refractivity contribution in [3.05, 3.63) is 53.7 Å². The third-order valence-electron chi connectivity index (χ3n) is 4.26. The number of hydrogen-bond donors (Lipinski definition) is 2. The summed E-state index contributed by atoms with van der Waals surface area (Å²) in [5.74, 6) is -0.321. The smallest absolute Gasteiger partial charge is 0.326 e. The van der Waals surface area contributed by atoms with E-state index in [1.807, 2.05) is 32.3 Å². The number of benzene rings is 1. The molecule has 3 heterocycles. The highest BCUT2D eigenvalue weighted by Crippen LogP contribution is 2.31. The minimum atomic E-state index is -4.00. The Balaban J connectivity index is 0.000000461. The van der Waals surface area contributed by atoms with Gasteiger partial charge < -0.3 is 5.73 Å². The molecule has 30 heavy (non-hydrogen) atoms. The summed E-state index contributed by atoms with van der Waals surface area (Å²) in [7, 11) is 1.85. The Morgan fingerprint density at radius 2 is 1.87 bits per heavy atom. The van der Waals surface area contributed by atoms with Gasteiger partial charge in [0, 0.05) is 43.2 Å². The first-order chi connectivity index (χ1) is 14.1. The predicted molar refractivity (Wildman–Crippen MR) is 106 cm³/mol. The molecule has 0 saturated heterocycles. The van der Waals surface area contributed by atoms with Crippen molar-refractivity contribution in [2.45, 2.75) is 26.6 Å². The van der Waals surface area contributed by atoms with Crippen LogP contribution in [0.1, 0.15) is 18.1 Å². The largest absolute Gasteiger partial charge is 0.386 e. The standard InChI is InChI=1S/C18H17FN6.C2H3F3/c1-10-3-11(6-20)4-14(19)17(10)15-5-13-16(8-21-15)23-24-18(13)12-7-22-25(2)9-12;1-2(3,4)5/h3-5,7-9H,6,20H2,1-2H3,(H,23,24);1H3. The van der Waals surface area contributed by atoms with E-state index in [9.17, 15) is 17.6 Å². The Hall–Kier alpha value is -3.27. The summed E-state index contributed by atoms with van der Waals surface area (Å²) in [6.45, 7) is 2.35. The fourth-order valence-corrected chi connectivity index (χ4v) is 3.07. The highest BCUT2D eigenvalue weighted by atomic mass is 19.4. The second-order valence-corrected chi connectivity index (χ2v) is 6.84. The topological polar surface area (TPSA) is 85.4 Å². The Bertz CT molecular complexity index is 1150. The van der Waals surface area contributed by atoms with Crippen LogP contribution in [0.2, 0.25) is 0 Å². The van der Waals surface area contributed by atoms with Crippen LogP contribution in [0.4, 0.5) is 17.6 Å². The van der Waals surface area contributed by atoms with Crippen molar-refractivity contribution in [3.63, 3.8) is 0 Å². The number of nitrogens with zero attached hydrogens (tertiary/aromatic N) is 4. The molecule has 0 spiro atoms. The van der Waals surface area contributed by atoms with Crippen LogP contribution in [0.25, 0.3) is 33.4 Å². The molecule has 0 unspecified atom stereocenters. The average Bonchev–Trinajstić information content (AvgIpc) is 3.25. The molecule has 0 aliphatic rings. The molecular weight excluding hydrogens is 400 g/mol. The van der Waals surface area contributed by atoms with E-state index in [1.54, 1.807) is 17.1 Å². The first kappa shape index (κ1) is 21.4. The van der Waals surface area contributed by atoms with E-state index in [1.165, 1.54) is 6.07 Å². The molecule has 158 valence electrons. The van der Waals surface area contributed by atoms with E-state index >= 15 is 0 Å². The van der Waals surface area contributed by atoms with Crippen LogP contribution in [0.15, 0.2) is 36.8 Å². The minimum Gasteiger partial charge on any atom is -0.326 e. The van der Waals surface area contributed by atoms with Gasteiger partial charge >= 0.3 is 6.18 Å². The molecule has 0 bridgehead atoms. The molecule has 0 aliphatic heterocycles. The van der Waals surface area contributed by atoms with Gasteiger partial charge in [-0.05, 0) is 30.2 Å².